The number of ether oxygens (including phenoxy) is 1. The molecular formula is C20H18FN3O3. The van der Waals surface area contributed by atoms with Crippen molar-refractivity contribution in [3.05, 3.63) is 72.5 Å². The van der Waals surface area contributed by atoms with Crippen molar-refractivity contribution in [2.75, 3.05) is 11.9 Å². The van der Waals surface area contributed by atoms with E-state index in [-0.39, 0.29) is 5.82 Å². The Hall–Kier alpha value is -3.29. The Balaban J connectivity index is 1.72. The van der Waals surface area contributed by atoms with Gasteiger partial charge in [-0.2, -0.15) is 0 Å². The highest BCUT2D eigenvalue weighted by molar-refractivity contribution is 5.94. The van der Waals surface area contributed by atoms with E-state index >= 15 is 0 Å². The molecule has 1 aromatic heterocycles. The predicted octanol–water partition coefficient (Wildman–Crippen LogP) is 2.94. The van der Waals surface area contributed by atoms with Crippen LogP contribution in [-0.4, -0.2) is 28.6 Å². The van der Waals surface area contributed by atoms with Gasteiger partial charge >= 0.3 is 0 Å². The number of aromatic nitrogens is 1. The van der Waals surface area contributed by atoms with Gasteiger partial charge in [0.05, 0.1) is 12.3 Å². The second-order valence-electron chi connectivity index (χ2n) is 5.77. The molecule has 0 radical (unpaired) electrons. The number of carbonyl (C=O) groups excluding carboxylic acids is 1. The third-order valence-electron chi connectivity index (χ3n) is 3.73. The number of carbonyl (C=O) groups is 1. The number of pyridine rings is 1. The molecule has 0 aliphatic heterocycles. The van der Waals surface area contributed by atoms with Crippen molar-refractivity contribution in [3.63, 3.8) is 0 Å². The number of halogens is 1. The summed E-state index contributed by atoms with van der Waals surface area (Å²) in [6.45, 7) is -0.443. The second kappa shape index (κ2) is 8.39. The predicted molar refractivity (Wildman–Crippen MR) is 99.8 cm³/mol. The highest BCUT2D eigenvalue weighted by Gasteiger charge is 2.13. The molecule has 0 spiro atoms. The van der Waals surface area contributed by atoms with E-state index in [0.29, 0.717) is 23.0 Å². The lowest BCUT2D eigenvalue weighted by molar-refractivity contribution is -0.118. The van der Waals surface area contributed by atoms with Crippen LogP contribution in [0.2, 0.25) is 0 Å². The van der Waals surface area contributed by atoms with E-state index in [1.807, 2.05) is 12.1 Å². The van der Waals surface area contributed by atoms with Crippen molar-refractivity contribution in [3.8, 4) is 22.8 Å². The van der Waals surface area contributed by atoms with Crippen molar-refractivity contribution in [1.82, 2.24) is 4.98 Å². The van der Waals surface area contributed by atoms with Gasteiger partial charge in [0.1, 0.15) is 29.2 Å². The molecule has 1 unspecified atom stereocenters. The minimum absolute atomic E-state index is 0.323. The number of benzene rings is 2. The lowest BCUT2D eigenvalue weighted by Crippen LogP contribution is -2.38. The molecule has 7 heteroatoms. The summed E-state index contributed by atoms with van der Waals surface area (Å²) in [6, 6.07) is 17.1. The molecule has 3 rings (SSSR count). The molecule has 0 saturated carbocycles. The van der Waals surface area contributed by atoms with Crippen LogP contribution in [0.15, 0.2) is 66.7 Å². The van der Waals surface area contributed by atoms with Gasteiger partial charge in [0.25, 0.3) is 0 Å². The molecule has 4 N–H and O–H groups in total. The fourth-order valence-electron chi connectivity index (χ4n) is 2.30. The molecule has 0 saturated heterocycles. The molecular weight excluding hydrogens is 349 g/mol. The minimum atomic E-state index is -1.00. The maximum atomic E-state index is 12.9. The van der Waals surface area contributed by atoms with Crippen LogP contribution in [0.25, 0.3) is 11.3 Å². The topological polar surface area (TPSA) is 97.5 Å². The molecule has 0 bridgehead atoms. The number of amides is 1. The monoisotopic (exact) mass is 367 g/mol. The minimum Gasteiger partial charge on any atom is -0.457 e. The second-order valence-corrected chi connectivity index (χ2v) is 5.77. The smallest absolute Gasteiger partial charge is 0.244 e. The molecule has 6 nitrogen and oxygen atoms in total. The van der Waals surface area contributed by atoms with E-state index < -0.39 is 18.6 Å². The number of nitrogens with zero attached hydrogens (tertiary/aromatic N) is 1. The Bertz CT molecular complexity index is 915. The van der Waals surface area contributed by atoms with Gasteiger partial charge in [0.2, 0.25) is 5.91 Å². The first-order valence-corrected chi connectivity index (χ1v) is 8.23. The van der Waals surface area contributed by atoms with Crippen LogP contribution < -0.4 is 15.8 Å². The quantitative estimate of drug-likeness (QED) is 0.622. The summed E-state index contributed by atoms with van der Waals surface area (Å²) in [5.74, 6) is 0.643. The van der Waals surface area contributed by atoms with Crippen molar-refractivity contribution in [2.45, 2.75) is 6.04 Å². The van der Waals surface area contributed by atoms with Crippen LogP contribution in [0.1, 0.15) is 0 Å². The third-order valence-corrected chi connectivity index (χ3v) is 3.73. The molecule has 1 heterocycles. The number of hydrogen-bond acceptors (Lipinski definition) is 5. The molecule has 2 aromatic carbocycles. The first-order chi connectivity index (χ1) is 13.0. The van der Waals surface area contributed by atoms with Gasteiger partial charge in [-0.05, 0) is 60.7 Å². The fraction of sp³-hybridized carbons (Fsp3) is 0.100. The fourth-order valence-corrected chi connectivity index (χ4v) is 2.30. The normalized spacial score (nSPS) is 11.7. The van der Waals surface area contributed by atoms with Gasteiger partial charge in [-0.15, -0.1) is 0 Å². The Labute approximate surface area is 155 Å². The average Bonchev–Trinajstić information content (AvgIpc) is 2.70. The highest BCUT2D eigenvalue weighted by atomic mass is 19.1. The van der Waals surface area contributed by atoms with Crippen LogP contribution in [0.3, 0.4) is 0 Å². The lowest BCUT2D eigenvalue weighted by atomic mass is 10.1. The molecule has 0 fully saturated rings. The number of anilines is 1. The molecule has 27 heavy (non-hydrogen) atoms. The first kappa shape index (κ1) is 18.5. The van der Waals surface area contributed by atoms with Crippen molar-refractivity contribution in [1.29, 1.82) is 0 Å². The van der Waals surface area contributed by atoms with Gasteiger partial charge in [-0.25, -0.2) is 9.37 Å². The Kier molecular flexibility index (Phi) is 5.75. The maximum absolute atomic E-state index is 12.9. The van der Waals surface area contributed by atoms with Gasteiger partial charge in [0, 0.05) is 5.56 Å². The van der Waals surface area contributed by atoms with Gasteiger partial charge < -0.3 is 20.9 Å². The zero-order valence-corrected chi connectivity index (χ0v) is 14.3. The van der Waals surface area contributed by atoms with Crippen LogP contribution in [-0.2, 0) is 4.79 Å². The maximum Gasteiger partial charge on any atom is 0.244 e. The largest absolute Gasteiger partial charge is 0.457 e. The van der Waals surface area contributed by atoms with E-state index in [1.165, 1.54) is 12.1 Å². The van der Waals surface area contributed by atoms with E-state index in [0.717, 1.165) is 5.56 Å². The van der Waals surface area contributed by atoms with Gasteiger partial charge in [-0.3, -0.25) is 4.79 Å². The number of aliphatic hydroxyl groups is 1. The van der Waals surface area contributed by atoms with Crippen molar-refractivity contribution in [2.24, 2.45) is 5.73 Å². The molecule has 1 atom stereocenters. The summed E-state index contributed by atoms with van der Waals surface area (Å²) in [6.07, 6.45) is 0. The number of rotatable bonds is 6. The molecule has 1 amide bonds. The number of aliphatic hydroxyl groups excluding tert-OH is 1. The van der Waals surface area contributed by atoms with Crippen LogP contribution >= 0.6 is 0 Å². The van der Waals surface area contributed by atoms with Crippen LogP contribution in [0.4, 0.5) is 10.2 Å². The standard InChI is InChI=1S/C20H18FN3O3/c21-14-6-10-16(11-7-14)27-15-8-4-13(5-9-15)18-2-1-3-19(23-18)24-20(26)17(22)12-25/h1-11,17,25H,12,22H2,(H,23,24,26). The zero-order valence-electron chi connectivity index (χ0n) is 14.3. The summed E-state index contributed by atoms with van der Waals surface area (Å²) >= 11 is 0. The summed E-state index contributed by atoms with van der Waals surface area (Å²) in [5.41, 5.74) is 6.95. The summed E-state index contributed by atoms with van der Waals surface area (Å²) in [5, 5.41) is 11.5. The molecule has 0 aliphatic carbocycles. The Morgan fingerprint density at radius 1 is 1.07 bits per heavy atom. The van der Waals surface area contributed by atoms with E-state index in [1.54, 1.807) is 42.5 Å². The van der Waals surface area contributed by atoms with Crippen LogP contribution in [0, 0.1) is 5.82 Å². The van der Waals surface area contributed by atoms with Gasteiger partial charge in [0.15, 0.2) is 0 Å². The average molecular weight is 367 g/mol. The Morgan fingerprint density at radius 2 is 1.70 bits per heavy atom. The zero-order chi connectivity index (χ0) is 19.2. The molecule has 3 aromatic rings. The third kappa shape index (κ3) is 4.87. The SMILES string of the molecule is NC(CO)C(=O)Nc1cccc(-c2ccc(Oc3ccc(F)cc3)cc2)n1. The highest BCUT2D eigenvalue weighted by Crippen LogP contribution is 2.25. The summed E-state index contributed by atoms with van der Waals surface area (Å²) < 4.78 is 18.6. The van der Waals surface area contributed by atoms with Crippen LogP contribution in [0.5, 0.6) is 11.5 Å². The first-order valence-electron chi connectivity index (χ1n) is 8.23. The van der Waals surface area contributed by atoms with Crippen molar-refractivity contribution >= 4 is 11.7 Å². The number of hydrogen-bond donors (Lipinski definition) is 3. The Morgan fingerprint density at radius 3 is 2.33 bits per heavy atom. The molecule has 138 valence electrons. The summed E-state index contributed by atoms with van der Waals surface area (Å²) in [4.78, 5) is 16.1. The lowest BCUT2D eigenvalue weighted by Gasteiger charge is -2.10. The van der Waals surface area contributed by atoms with Crippen molar-refractivity contribution < 1.29 is 19.0 Å². The number of nitrogens with one attached hydrogen (secondary N) is 1. The van der Waals surface area contributed by atoms with Gasteiger partial charge in [-0.1, -0.05) is 6.07 Å². The molecule has 0 aliphatic rings. The number of nitrogens with two attached hydrogens (primary N) is 1. The van der Waals surface area contributed by atoms with E-state index in [4.69, 9.17) is 15.6 Å². The van der Waals surface area contributed by atoms with E-state index in [9.17, 15) is 9.18 Å². The van der Waals surface area contributed by atoms with E-state index in [2.05, 4.69) is 10.3 Å². The summed E-state index contributed by atoms with van der Waals surface area (Å²) in [7, 11) is 0.